The van der Waals surface area contributed by atoms with E-state index in [9.17, 15) is 4.79 Å². The number of carbonyl (C=O) groups is 1. The van der Waals surface area contributed by atoms with E-state index in [1.165, 1.54) is 0 Å². The summed E-state index contributed by atoms with van der Waals surface area (Å²) in [6, 6.07) is 5.64. The van der Waals surface area contributed by atoms with Crippen molar-refractivity contribution in [2.75, 3.05) is 13.6 Å². The van der Waals surface area contributed by atoms with Gasteiger partial charge >= 0.3 is 0 Å². The molecule has 1 rings (SSSR count). The Morgan fingerprint density at radius 1 is 1.44 bits per heavy atom. The highest BCUT2D eigenvalue weighted by Crippen LogP contribution is 2.08. The minimum atomic E-state index is -0.0481. The molecule has 0 aliphatic heterocycles. The summed E-state index contributed by atoms with van der Waals surface area (Å²) in [5.41, 5.74) is 0.882. The van der Waals surface area contributed by atoms with Gasteiger partial charge in [0.05, 0.1) is 11.7 Å². The maximum absolute atomic E-state index is 11.7. The summed E-state index contributed by atoms with van der Waals surface area (Å²) in [6.07, 6.45) is 1.73. The van der Waals surface area contributed by atoms with Gasteiger partial charge in [0.15, 0.2) is 0 Å². The lowest BCUT2D eigenvalue weighted by Crippen LogP contribution is -2.36. The van der Waals surface area contributed by atoms with Crippen molar-refractivity contribution in [3.05, 3.63) is 30.1 Å². The molecule has 0 spiro atoms. The summed E-state index contributed by atoms with van der Waals surface area (Å²) in [7, 11) is 1.84. The van der Waals surface area contributed by atoms with Crippen LogP contribution in [0.5, 0.6) is 0 Å². The molecule has 0 bridgehead atoms. The molecule has 0 fully saturated rings. The highest BCUT2D eigenvalue weighted by atomic mass is 16.1. The average molecular weight is 221 g/mol. The fourth-order valence-electron chi connectivity index (χ4n) is 1.46. The highest BCUT2D eigenvalue weighted by Gasteiger charge is 2.15. The number of rotatable bonds is 5. The van der Waals surface area contributed by atoms with E-state index in [-0.39, 0.29) is 17.9 Å². The molecule has 0 radical (unpaired) electrons. The third-order valence-electron chi connectivity index (χ3n) is 2.45. The van der Waals surface area contributed by atoms with Gasteiger partial charge < -0.3 is 10.6 Å². The van der Waals surface area contributed by atoms with Crippen LogP contribution in [-0.4, -0.2) is 24.5 Å². The molecule has 0 saturated heterocycles. The summed E-state index contributed by atoms with van der Waals surface area (Å²) >= 11 is 0. The maximum atomic E-state index is 11.7. The van der Waals surface area contributed by atoms with E-state index in [0.717, 1.165) is 5.69 Å². The van der Waals surface area contributed by atoms with Crippen LogP contribution in [0.2, 0.25) is 0 Å². The monoisotopic (exact) mass is 221 g/mol. The van der Waals surface area contributed by atoms with E-state index in [1.54, 1.807) is 6.20 Å². The Kier molecular flexibility index (Phi) is 4.92. The van der Waals surface area contributed by atoms with E-state index in [2.05, 4.69) is 15.6 Å². The zero-order valence-electron chi connectivity index (χ0n) is 10.0. The molecule has 16 heavy (non-hydrogen) atoms. The number of pyridine rings is 1. The first-order valence-corrected chi connectivity index (χ1v) is 5.51. The summed E-state index contributed by atoms with van der Waals surface area (Å²) in [4.78, 5) is 15.9. The topological polar surface area (TPSA) is 54.0 Å². The Morgan fingerprint density at radius 2 is 2.19 bits per heavy atom. The van der Waals surface area contributed by atoms with Gasteiger partial charge in [-0.3, -0.25) is 9.78 Å². The number of hydrogen-bond acceptors (Lipinski definition) is 3. The van der Waals surface area contributed by atoms with Crippen LogP contribution >= 0.6 is 0 Å². The molecule has 2 N–H and O–H groups in total. The molecule has 0 aliphatic rings. The van der Waals surface area contributed by atoms with E-state index in [4.69, 9.17) is 0 Å². The van der Waals surface area contributed by atoms with Gasteiger partial charge in [0.1, 0.15) is 0 Å². The van der Waals surface area contributed by atoms with E-state index in [0.29, 0.717) is 6.54 Å². The fraction of sp³-hybridized carbons (Fsp3) is 0.500. The minimum absolute atomic E-state index is 0.0313. The molecule has 0 saturated carbocycles. The van der Waals surface area contributed by atoms with Crippen LogP contribution < -0.4 is 10.6 Å². The van der Waals surface area contributed by atoms with Gasteiger partial charge in [-0.2, -0.15) is 0 Å². The minimum Gasteiger partial charge on any atom is -0.348 e. The number of aromatic nitrogens is 1. The zero-order chi connectivity index (χ0) is 12.0. The predicted molar refractivity (Wildman–Crippen MR) is 63.9 cm³/mol. The van der Waals surface area contributed by atoms with Crippen LogP contribution in [0.3, 0.4) is 0 Å². The number of carbonyl (C=O) groups excluding carboxylic acids is 1. The molecule has 1 amide bonds. The maximum Gasteiger partial charge on any atom is 0.224 e. The molecule has 2 atom stereocenters. The molecule has 1 unspecified atom stereocenters. The second-order valence-electron chi connectivity index (χ2n) is 3.94. The van der Waals surface area contributed by atoms with Gasteiger partial charge in [-0.05, 0) is 26.1 Å². The Bertz CT molecular complexity index is 326. The van der Waals surface area contributed by atoms with Crippen molar-refractivity contribution >= 4 is 5.91 Å². The second kappa shape index (κ2) is 6.23. The Morgan fingerprint density at radius 3 is 2.75 bits per heavy atom. The molecule has 88 valence electrons. The Balaban J connectivity index is 2.51. The Hall–Kier alpha value is -1.42. The summed E-state index contributed by atoms with van der Waals surface area (Å²) in [5, 5.41) is 5.92. The first-order chi connectivity index (χ1) is 7.65. The first kappa shape index (κ1) is 12.6. The average Bonchev–Trinajstić information content (AvgIpc) is 2.30. The van der Waals surface area contributed by atoms with E-state index >= 15 is 0 Å². The molecule has 1 heterocycles. The number of nitrogens with zero attached hydrogens (tertiary/aromatic N) is 1. The number of nitrogens with one attached hydrogen (secondary N) is 2. The first-order valence-electron chi connectivity index (χ1n) is 5.51. The van der Waals surface area contributed by atoms with Crippen molar-refractivity contribution < 1.29 is 4.79 Å². The lowest BCUT2D eigenvalue weighted by molar-refractivity contribution is -0.125. The quantitative estimate of drug-likeness (QED) is 0.783. The van der Waals surface area contributed by atoms with Crippen LogP contribution in [0.15, 0.2) is 24.4 Å². The van der Waals surface area contributed by atoms with Crippen LogP contribution in [0, 0.1) is 5.92 Å². The van der Waals surface area contributed by atoms with Gasteiger partial charge in [0.2, 0.25) is 5.91 Å². The smallest absolute Gasteiger partial charge is 0.224 e. The summed E-state index contributed by atoms with van der Waals surface area (Å²) in [6.45, 7) is 4.52. The lowest BCUT2D eigenvalue weighted by Gasteiger charge is -2.16. The van der Waals surface area contributed by atoms with Crippen molar-refractivity contribution in [2.24, 2.45) is 5.92 Å². The third-order valence-corrected chi connectivity index (χ3v) is 2.45. The van der Waals surface area contributed by atoms with Crippen LogP contribution in [0.1, 0.15) is 25.6 Å². The van der Waals surface area contributed by atoms with E-state index in [1.807, 2.05) is 39.1 Å². The molecular weight excluding hydrogens is 202 g/mol. The van der Waals surface area contributed by atoms with Gasteiger partial charge in [-0.1, -0.05) is 13.0 Å². The lowest BCUT2D eigenvalue weighted by atomic mass is 10.1. The van der Waals surface area contributed by atoms with Crippen molar-refractivity contribution in [2.45, 2.75) is 19.9 Å². The standard InChI is InChI=1S/C12H19N3O/c1-9(8-13-3)12(16)15-10(2)11-6-4-5-7-14-11/h4-7,9-10,13H,8H2,1-3H3,(H,15,16)/t9?,10-/m0/s1. The molecule has 0 aliphatic carbocycles. The van der Waals surface area contributed by atoms with Crippen molar-refractivity contribution in [3.63, 3.8) is 0 Å². The third kappa shape index (κ3) is 3.62. The predicted octanol–water partition coefficient (Wildman–Crippen LogP) is 1.11. The van der Waals surface area contributed by atoms with Crippen LogP contribution in [0.25, 0.3) is 0 Å². The largest absolute Gasteiger partial charge is 0.348 e. The SMILES string of the molecule is CNCC(C)C(=O)N[C@@H](C)c1ccccn1. The molecule has 1 aromatic heterocycles. The van der Waals surface area contributed by atoms with Gasteiger partial charge in [0, 0.05) is 18.7 Å². The number of hydrogen-bond donors (Lipinski definition) is 2. The summed E-state index contributed by atoms with van der Waals surface area (Å²) < 4.78 is 0. The van der Waals surface area contributed by atoms with Gasteiger partial charge in [-0.15, -0.1) is 0 Å². The summed E-state index contributed by atoms with van der Waals surface area (Å²) in [5.74, 6) is 0.0173. The number of amides is 1. The van der Waals surface area contributed by atoms with E-state index < -0.39 is 0 Å². The molecule has 0 aromatic carbocycles. The van der Waals surface area contributed by atoms with Crippen LogP contribution in [0.4, 0.5) is 0 Å². The fourth-order valence-corrected chi connectivity index (χ4v) is 1.46. The van der Waals surface area contributed by atoms with Crippen molar-refractivity contribution in [3.8, 4) is 0 Å². The van der Waals surface area contributed by atoms with Gasteiger partial charge in [0.25, 0.3) is 0 Å². The van der Waals surface area contributed by atoms with Gasteiger partial charge in [-0.25, -0.2) is 0 Å². The molecule has 4 heteroatoms. The van der Waals surface area contributed by atoms with Crippen molar-refractivity contribution in [1.29, 1.82) is 0 Å². The second-order valence-corrected chi connectivity index (χ2v) is 3.94. The molecule has 1 aromatic rings. The van der Waals surface area contributed by atoms with Crippen LogP contribution in [-0.2, 0) is 4.79 Å². The zero-order valence-corrected chi connectivity index (χ0v) is 10.0. The highest BCUT2D eigenvalue weighted by molar-refractivity contribution is 5.78. The molecular formula is C12H19N3O. The Labute approximate surface area is 96.5 Å². The molecule has 4 nitrogen and oxygen atoms in total. The van der Waals surface area contributed by atoms with Crippen molar-refractivity contribution in [1.82, 2.24) is 15.6 Å². The normalized spacial score (nSPS) is 14.2.